The van der Waals surface area contributed by atoms with E-state index in [0.717, 1.165) is 12.8 Å². The van der Waals surface area contributed by atoms with Crippen LogP contribution in [-0.4, -0.2) is 37.1 Å². The predicted octanol–water partition coefficient (Wildman–Crippen LogP) is 1.51. The SMILES string of the molecule is CCCCNC(=O)C1CC(C(=O)c2ccc(OC)cc2)=NN1. The highest BCUT2D eigenvalue weighted by Gasteiger charge is 2.29. The van der Waals surface area contributed by atoms with Gasteiger partial charge in [-0.3, -0.25) is 15.0 Å². The number of unbranched alkanes of at least 4 members (excludes halogenated alkanes) is 1. The second kappa shape index (κ2) is 7.59. The van der Waals surface area contributed by atoms with Crippen LogP contribution in [0, 0.1) is 0 Å². The van der Waals surface area contributed by atoms with Crippen LogP contribution in [0.15, 0.2) is 29.4 Å². The van der Waals surface area contributed by atoms with Crippen molar-refractivity contribution in [3.05, 3.63) is 29.8 Å². The van der Waals surface area contributed by atoms with Crippen LogP contribution in [0.5, 0.6) is 5.75 Å². The van der Waals surface area contributed by atoms with E-state index in [1.54, 1.807) is 31.4 Å². The zero-order valence-corrected chi connectivity index (χ0v) is 12.9. The number of ketones is 1. The summed E-state index contributed by atoms with van der Waals surface area (Å²) >= 11 is 0. The van der Waals surface area contributed by atoms with Crippen LogP contribution in [0.4, 0.5) is 0 Å². The highest BCUT2D eigenvalue weighted by atomic mass is 16.5. The molecular formula is C16H21N3O3. The quantitative estimate of drug-likeness (QED) is 0.591. The minimum Gasteiger partial charge on any atom is -0.497 e. The van der Waals surface area contributed by atoms with Gasteiger partial charge in [0, 0.05) is 18.5 Å². The van der Waals surface area contributed by atoms with E-state index in [4.69, 9.17) is 4.74 Å². The molecule has 22 heavy (non-hydrogen) atoms. The summed E-state index contributed by atoms with van der Waals surface area (Å²) in [5.41, 5.74) is 3.65. The highest BCUT2D eigenvalue weighted by Crippen LogP contribution is 2.15. The zero-order chi connectivity index (χ0) is 15.9. The molecule has 2 N–H and O–H groups in total. The fraction of sp³-hybridized carbons (Fsp3) is 0.438. The average Bonchev–Trinajstić information content (AvgIpc) is 3.04. The predicted molar refractivity (Wildman–Crippen MR) is 84.2 cm³/mol. The molecule has 1 aromatic rings. The third-order valence-electron chi connectivity index (χ3n) is 3.51. The topological polar surface area (TPSA) is 79.8 Å². The van der Waals surface area contributed by atoms with Gasteiger partial charge in [-0.2, -0.15) is 5.10 Å². The average molecular weight is 303 g/mol. The molecule has 1 aliphatic heterocycles. The summed E-state index contributed by atoms with van der Waals surface area (Å²) in [4.78, 5) is 24.3. The van der Waals surface area contributed by atoms with E-state index in [-0.39, 0.29) is 11.7 Å². The van der Waals surface area contributed by atoms with Gasteiger partial charge in [-0.15, -0.1) is 0 Å². The number of nitrogens with zero attached hydrogens (tertiary/aromatic N) is 1. The molecule has 118 valence electrons. The molecule has 1 atom stereocenters. The highest BCUT2D eigenvalue weighted by molar-refractivity contribution is 6.46. The monoisotopic (exact) mass is 303 g/mol. The minimum absolute atomic E-state index is 0.116. The van der Waals surface area contributed by atoms with Crippen LogP contribution < -0.4 is 15.5 Å². The molecule has 0 fully saturated rings. The van der Waals surface area contributed by atoms with E-state index in [2.05, 4.69) is 22.8 Å². The lowest BCUT2D eigenvalue weighted by atomic mass is 10.0. The molecule has 6 nitrogen and oxygen atoms in total. The molecule has 0 radical (unpaired) electrons. The molecule has 0 aromatic heterocycles. The molecule has 0 bridgehead atoms. The normalized spacial score (nSPS) is 16.6. The van der Waals surface area contributed by atoms with Gasteiger partial charge >= 0.3 is 0 Å². The lowest BCUT2D eigenvalue weighted by molar-refractivity contribution is -0.122. The maximum Gasteiger partial charge on any atom is 0.244 e. The maximum absolute atomic E-state index is 12.3. The fourth-order valence-electron chi connectivity index (χ4n) is 2.16. The molecule has 0 saturated carbocycles. The van der Waals surface area contributed by atoms with Crippen molar-refractivity contribution >= 4 is 17.4 Å². The molecule has 0 aliphatic carbocycles. The lowest BCUT2D eigenvalue weighted by Crippen LogP contribution is -2.40. The Morgan fingerprint density at radius 3 is 2.73 bits per heavy atom. The summed E-state index contributed by atoms with van der Waals surface area (Å²) in [5, 5.41) is 6.85. The number of hydrogen-bond acceptors (Lipinski definition) is 5. The Kier molecular flexibility index (Phi) is 5.52. The molecule has 1 amide bonds. The van der Waals surface area contributed by atoms with E-state index >= 15 is 0 Å². The van der Waals surface area contributed by atoms with Crippen molar-refractivity contribution in [3.8, 4) is 5.75 Å². The van der Waals surface area contributed by atoms with Gasteiger partial charge in [0.2, 0.25) is 11.7 Å². The number of rotatable bonds is 7. The number of Topliss-reactive ketones (excluding diaryl/α,β-unsaturated/α-hetero) is 1. The van der Waals surface area contributed by atoms with Crippen molar-refractivity contribution in [1.29, 1.82) is 0 Å². The van der Waals surface area contributed by atoms with E-state index in [9.17, 15) is 9.59 Å². The molecule has 2 rings (SSSR count). The number of hydrogen-bond donors (Lipinski definition) is 2. The smallest absolute Gasteiger partial charge is 0.244 e. The van der Waals surface area contributed by atoms with Crippen molar-refractivity contribution in [1.82, 2.24) is 10.7 Å². The van der Waals surface area contributed by atoms with Gasteiger partial charge in [-0.1, -0.05) is 13.3 Å². The first kappa shape index (κ1) is 16.0. The van der Waals surface area contributed by atoms with Crippen LogP contribution in [0.1, 0.15) is 36.5 Å². The number of carbonyl (C=O) groups is 2. The number of nitrogens with one attached hydrogen (secondary N) is 2. The summed E-state index contributed by atoms with van der Waals surface area (Å²) in [6.45, 7) is 2.71. The Bertz CT molecular complexity index is 567. The molecule has 6 heteroatoms. The van der Waals surface area contributed by atoms with E-state index in [0.29, 0.717) is 30.0 Å². The first-order valence-electron chi connectivity index (χ1n) is 7.44. The standard InChI is InChI=1S/C16H21N3O3/c1-3-4-9-17-16(21)14-10-13(18-19-14)15(20)11-5-7-12(22-2)8-6-11/h5-8,14,19H,3-4,9-10H2,1-2H3,(H,17,21). The fourth-order valence-corrected chi connectivity index (χ4v) is 2.16. The minimum atomic E-state index is -0.464. The molecule has 1 unspecified atom stereocenters. The van der Waals surface area contributed by atoms with Crippen molar-refractivity contribution < 1.29 is 14.3 Å². The summed E-state index contributed by atoms with van der Waals surface area (Å²) in [5.74, 6) is 0.407. The van der Waals surface area contributed by atoms with Crippen molar-refractivity contribution in [2.24, 2.45) is 5.10 Å². The summed E-state index contributed by atoms with van der Waals surface area (Å²) < 4.78 is 5.06. The second-order valence-electron chi connectivity index (χ2n) is 5.15. The number of methoxy groups -OCH3 is 1. The van der Waals surface area contributed by atoms with Crippen molar-refractivity contribution in [3.63, 3.8) is 0 Å². The van der Waals surface area contributed by atoms with Gasteiger partial charge in [-0.25, -0.2) is 0 Å². The third-order valence-corrected chi connectivity index (χ3v) is 3.51. The van der Waals surface area contributed by atoms with Crippen LogP contribution in [0.3, 0.4) is 0 Å². The van der Waals surface area contributed by atoms with E-state index in [1.807, 2.05) is 0 Å². The number of hydrazone groups is 1. The Morgan fingerprint density at radius 2 is 2.09 bits per heavy atom. The number of amides is 1. The van der Waals surface area contributed by atoms with Crippen molar-refractivity contribution in [2.75, 3.05) is 13.7 Å². The van der Waals surface area contributed by atoms with Crippen LogP contribution in [-0.2, 0) is 4.79 Å². The molecule has 1 aliphatic rings. The summed E-state index contributed by atoms with van der Waals surface area (Å²) in [7, 11) is 1.57. The van der Waals surface area contributed by atoms with E-state index in [1.165, 1.54) is 0 Å². The van der Waals surface area contributed by atoms with Gasteiger partial charge < -0.3 is 10.1 Å². The summed E-state index contributed by atoms with van der Waals surface area (Å²) in [6, 6.07) is 6.38. The third kappa shape index (κ3) is 3.84. The summed E-state index contributed by atoms with van der Waals surface area (Å²) in [6.07, 6.45) is 2.27. The Morgan fingerprint density at radius 1 is 1.36 bits per heavy atom. The van der Waals surface area contributed by atoms with Crippen LogP contribution >= 0.6 is 0 Å². The first-order valence-corrected chi connectivity index (χ1v) is 7.44. The first-order chi connectivity index (χ1) is 10.7. The maximum atomic E-state index is 12.3. The van der Waals surface area contributed by atoms with Crippen LogP contribution in [0.2, 0.25) is 0 Å². The lowest BCUT2D eigenvalue weighted by Gasteiger charge is -2.10. The van der Waals surface area contributed by atoms with Gasteiger partial charge in [0.1, 0.15) is 17.5 Å². The molecule has 0 spiro atoms. The van der Waals surface area contributed by atoms with Crippen molar-refractivity contribution in [2.45, 2.75) is 32.2 Å². The molecule has 1 heterocycles. The number of ether oxygens (including phenoxy) is 1. The van der Waals surface area contributed by atoms with Crippen LogP contribution in [0.25, 0.3) is 0 Å². The Balaban J connectivity index is 1.91. The largest absolute Gasteiger partial charge is 0.497 e. The molecule has 0 saturated heterocycles. The molecular weight excluding hydrogens is 282 g/mol. The van der Waals surface area contributed by atoms with Gasteiger partial charge in [0.25, 0.3) is 0 Å². The van der Waals surface area contributed by atoms with Gasteiger partial charge in [0.15, 0.2) is 0 Å². The van der Waals surface area contributed by atoms with Gasteiger partial charge in [-0.05, 0) is 30.7 Å². The molecule has 1 aromatic carbocycles. The second-order valence-corrected chi connectivity index (χ2v) is 5.15. The number of benzene rings is 1. The number of carbonyl (C=O) groups excluding carboxylic acids is 2. The van der Waals surface area contributed by atoms with Gasteiger partial charge in [0.05, 0.1) is 7.11 Å². The zero-order valence-electron chi connectivity index (χ0n) is 12.9. The van der Waals surface area contributed by atoms with E-state index < -0.39 is 6.04 Å². The Labute approximate surface area is 129 Å². The Hall–Kier alpha value is -2.37.